The first-order valence-electron chi connectivity index (χ1n) is 16.4. The third kappa shape index (κ3) is 6.30. The van der Waals surface area contributed by atoms with Crippen molar-refractivity contribution < 1.29 is 28.7 Å². The van der Waals surface area contributed by atoms with E-state index in [1.165, 1.54) is 11.8 Å². The van der Waals surface area contributed by atoms with Gasteiger partial charge >= 0.3 is 5.97 Å². The summed E-state index contributed by atoms with van der Waals surface area (Å²) >= 11 is 6.46. The van der Waals surface area contributed by atoms with E-state index in [0.29, 0.717) is 69.2 Å². The van der Waals surface area contributed by atoms with Gasteiger partial charge in [-0.05, 0) is 86.3 Å². The molecule has 1 aromatic heterocycles. The molecular weight excluding hydrogens is 652 g/mol. The van der Waals surface area contributed by atoms with Gasteiger partial charge in [-0.1, -0.05) is 72.3 Å². The van der Waals surface area contributed by atoms with Crippen LogP contribution in [0.1, 0.15) is 51.6 Å². The number of halogens is 1. The molecule has 3 unspecified atom stereocenters. The molecule has 7 rings (SSSR count). The molecule has 3 atom stereocenters. The molecule has 0 spiro atoms. The summed E-state index contributed by atoms with van der Waals surface area (Å²) < 4.78 is 11.6. The molecule has 0 radical (unpaired) electrons. The van der Waals surface area contributed by atoms with Crippen molar-refractivity contribution >= 4 is 51.8 Å². The normalized spacial score (nSPS) is 17.5. The molecule has 4 aromatic carbocycles. The molecule has 50 heavy (non-hydrogen) atoms. The Balaban J connectivity index is 1.11. The van der Waals surface area contributed by atoms with Crippen molar-refractivity contribution in [2.24, 2.45) is 11.8 Å². The number of rotatable bonds is 9. The number of pyridine rings is 1. The van der Waals surface area contributed by atoms with Crippen molar-refractivity contribution in [2.75, 3.05) is 4.90 Å². The lowest BCUT2D eigenvalue weighted by Gasteiger charge is -2.17. The molecular formula is C41H33ClN2O6. The average molecular weight is 685 g/mol. The predicted octanol–water partition coefficient (Wildman–Crippen LogP) is 8.33. The molecule has 2 aliphatic rings. The smallest absolute Gasteiger partial charge is 0.339 e. The monoisotopic (exact) mass is 684 g/mol. The number of ether oxygens (including phenoxy) is 2. The summed E-state index contributed by atoms with van der Waals surface area (Å²) in [5.41, 5.74) is 4.42. The van der Waals surface area contributed by atoms with E-state index in [1.807, 2.05) is 49.4 Å². The number of carbonyl (C=O) groups excluding carboxylic acids is 4. The molecule has 0 saturated carbocycles. The molecule has 9 heteroatoms. The van der Waals surface area contributed by atoms with Gasteiger partial charge in [0.25, 0.3) is 0 Å². The number of aromatic nitrogens is 1. The average Bonchev–Trinajstić information content (AvgIpc) is 3.41. The number of hydrogen-bond donors (Lipinski definition) is 0. The second-order valence-electron chi connectivity index (χ2n) is 12.5. The topological polar surface area (TPSA) is 103 Å². The summed E-state index contributed by atoms with van der Waals surface area (Å²) in [5, 5.41) is 1.01. The van der Waals surface area contributed by atoms with E-state index in [2.05, 4.69) is 0 Å². The maximum Gasteiger partial charge on any atom is 0.339 e. The van der Waals surface area contributed by atoms with E-state index in [0.717, 1.165) is 5.56 Å². The van der Waals surface area contributed by atoms with Crippen LogP contribution in [0.2, 0.25) is 5.02 Å². The highest BCUT2D eigenvalue weighted by atomic mass is 35.5. The zero-order chi connectivity index (χ0) is 34.9. The van der Waals surface area contributed by atoms with E-state index in [4.69, 9.17) is 26.1 Å². The minimum Gasteiger partial charge on any atom is -0.489 e. The Bertz CT molecular complexity index is 2140. The van der Waals surface area contributed by atoms with Gasteiger partial charge in [0.15, 0.2) is 6.10 Å². The Hall–Kier alpha value is -5.60. The quantitative estimate of drug-likeness (QED) is 0.0666. The van der Waals surface area contributed by atoms with Crippen LogP contribution in [0.5, 0.6) is 5.75 Å². The van der Waals surface area contributed by atoms with Gasteiger partial charge in [0.2, 0.25) is 17.6 Å². The number of hydrogen-bond acceptors (Lipinski definition) is 7. The van der Waals surface area contributed by atoms with E-state index < -0.39 is 12.1 Å². The van der Waals surface area contributed by atoms with Crippen LogP contribution in [0.25, 0.3) is 22.2 Å². The minimum atomic E-state index is -1.08. The third-order valence-electron chi connectivity index (χ3n) is 9.36. The van der Waals surface area contributed by atoms with Gasteiger partial charge in [-0.2, -0.15) is 0 Å². The largest absolute Gasteiger partial charge is 0.489 e. The highest BCUT2D eigenvalue weighted by Crippen LogP contribution is 2.38. The maximum atomic E-state index is 13.7. The van der Waals surface area contributed by atoms with Gasteiger partial charge in [-0.3, -0.25) is 19.3 Å². The van der Waals surface area contributed by atoms with Crippen molar-refractivity contribution in [3.63, 3.8) is 0 Å². The Labute approximate surface area is 294 Å². The van der Waals surface area contributed by atoms with Gasteiger partial charge in [0.05, 0.1) is 34.3 Å². The molecule has 2 amide bonds. The zero-order valence-electron chi connectivity index (χ0n) is 27.5. The molecule has 1 fully saturated rings. The van der Waals surface area contributed by atoms with Crippen molar-refractivity contribution in [3.8, 4) is 17.0 Å². The van der Waals surface area contributed by atoms with Crippen molar-refractivity contribution in [1.29, 1.82) is 0 Å². The summed E-state index contributed by atoms with van der Waals surface area (Å²) in [7, 11) is 0. The molecule has 8 nitrogen and oxygen atoms in total. The SMILES string of the molecule is Cc1c(Cl)ccc2c(C(=O)OC(C)C(=O)c3ccc(OCc4ccccc4)cc3)cc(-c3ccc(N4C(=O)C5CC=CCC5C4=O)cc3)nc12. The number of fused-ring (bicyclic) bond motifs is 2. The van der Waals surface area contributed by atoms with Crippen LogP contribution in [-0.2, 0) is 20.9 Å². The van der Waals surface area contributed by atoms with Gasteiger partial charge in [-0.25, -0.2) is 9.78 Å². The number of esters is 1. The lowest BCUT2D eigenvalue weighted by molar-refractivity contribution is -0.122. The van der Waals surface area contributed by atoms with E-state index >= 15 is 0 Å². The summed E-state index contributed by atoms with van der Waals surface area (Å²) in [6.45, 7) is 3.76. The molecule has 1 aliphatic carbocycles. The van der Waals surface area contributed by atoms with E-state index in [9.17, 15) is 19.2 Å². The number of allylic oxidation sites excluding steroid dienone is 2. The highest BCUT2D eigenvalue weighted by molar-refractivity contribution is 6.32. The van der Waals surface area contributed by atoms with Gasteiger partial charge in [-0.15, -0.1) is 0 Å². The third-order valence-corrected chi connectivity index (χ3v) is 9.77. The number of benzene rings is 4. The Morgan fingerprint density at radius 1 is 0.880 bits per heavy atom. The van der Waals surface area contributed by atoms with Crippen LogP contribution in [0, 0.1) is 18.8 Å². The maximum absolute atomic E-state index is 13.7. The molecule has 250 valence electrons. The Kier molecular flexibility index (Phi) is 9.04. The molecule has 2 heterocycles. The summed E-state index contributed by atoms with van der Waals surface area (Å²) in [6.07, 6.45) is 3.96. The number of amides is 2. The molecule has 0 N–H and O–H groups in total. The Morgan fingerprint density at radius 2 is 1.54 bits per heavy atom. The van der Waals surface area contributed by atoms with Crippen LogP contribution >= 0.6 is 11.6 Å². The van der Waals surface area contributed by atoms with E-state index in [1.54, 1.807) is 66.7 Å². The molecule has 0 bridgehead atoms. The first-order chi connectivity index (χ1) is 24.2. The van der Waals surface area contributed by atoms with Crippen molar-refractivity contribution in [3.05, 3.63) is 136 Å². The van der Waals surface area contributed by atoms with Crippen LogP contribution in [0.4, 0.5) is 5.69 Å². The highest BCUT2D eigenvalue weighted by Gasteiger charge is 2.47. The van der Waals surface area contributed by atoms with E-state index in [-0.39, 0.29) is 35.0 Å². The first kappa shape index (κ1) is 32.9. The number of aryl methyl sites for hydroxylation is 1. The van der Waals surface area contributed by atoms with Crippen LogP contribution in [0.15, 0.2) is 109 Å². The van der Waals surface area contributed by atoms with Gasteiger partial charge in [0, 0.05) is 21.5 Å². The number of Topliss-reactive ketones (excluding diaryl/α,β-unsaturated/α-hetero) is 1. The molecule has 1 saturated heterocycles. The summed E-state index contributed by atoms with van der Waals surface area (Å²) in [5.74, 6) is -1.47. The van der Waals surface area contributed by atoms with Crippen molar-refractivity contribution in [1.82, 2.24) is 4.98 Å². The van der Waals surface area contributed by atoms with Crippen LogP contribution < -0.4 is 9.64 Å². The summed E-state index contributed by atoms with van der Waals surface area (Å²) in [6, 6.07) is 28.5. The zero-order valence-corrected chi connectivity index (χ0v) is 28.2. The van der Waals surface area contributed by atoms with Gasteiger partial charge in [0.1, 0.15) is 12.4 Å². The fourth-order valence-electron chi connectivity index (χ4n) is 6.53. The number of anilines is 1. The minimum absolute atomic E-state index is 0.188. The predicted molar refractivity (Wildman–Crippen MR) is 191 cm³/mol. The van der Waals surface area contributed by atoms with Crippen LogP contribution in [-0.4, -0.2) is 34.7 Å². The number of carbonyl (C=O) groups is 4. The lowest BCUT2D eigenvalue weighted by Crippen LogP contribution is -2.30. The lowest BCUT2D eigenvalue weighted by atomic mass is 9.85. The number of nitrogens with zero attached hydrogens (tertiary/aromatic N) is 2. The molecule has 1 aliphatic heterocycles. The first-order valence-corrected chi connectivity index (χ1v) is 16.8. The Morgan fingerprint density at radius 3 is 2.20 bits per heavy atom. The molecule has 5 aromatic rings. The van der Waals surface area contributed by atoms with Crippen molar-refractivity contribution in [2.45, 2.75) is 39.4 Å². The van der Waals surface area contributed by atoms with Crippen LogP contribution in [0.3, 0.4) is 0 Å². The van der Waals surface area contributed by atoms with Gasteiger partial charge < -0.3 is 9.47 Å². The fraction of sp³-hybridized carbons (Fsp3) is 0.195. The number of imide groups is 1. The second kappa shape index (κ2) is 13.7. The summed E-state index contributed by atoms with van der Waals surface area (Å²) in [4.78, 5) is 59.4. The number of ketones is 1. The second-order valence-corrected chi connectivity index (χ2v) is 13.0. The fourth-order valence-corrected chi connectivity index (χ4v) is 6.68. The standard InChI is InChI=1S/C41H33ClN2O6/c1-24-35(42)21-20-31-34(41(48)50-25(2)38(45)28-14-18-30(19-15-28)49-23-26-8-4-3-5-9-26)22-36(43-37(24)31)27-12-16-29(17-13-27)44-39(46)32-10-6-7-11-33(32)40(44)47/h3-9,12-22,25,32-33H,10-11,23H2,1-2H3.